The van der Waals surface area contributed by atoms with Crippen molar-refractivity contribution >= 4 is 58.2 Å². The van der Waals surface area contributed by atoms with E-state index in [1.807, 2.05) is 12.1 Å². The molecule has 1 aliphatic heterocycles. The summed E-state index contributed by atoms with van der Waals surface area (Å²) in [6.45, 7) is 3.92. The normalized spacial score (nSPS) is 17.0. The predicted octanol–water partition coefficient (Wildman–Crippen LogP) is 5.99. The molecular formula is C18H14Cl3NO2S. The lowest BCUT2D eigenvalue weighted by Gasteiger charge is -2.25. The number of nitrogens with zero attached hydrogens (tertiary/aromatic N) is 1. The van der Waals surface area contributed by atoms with E-state index in [0.717, 1.165) is 11.3 Å². The Morgan fingerprint density at radius 2 is 1.84 bits per heavy atom. The average Bonchev–Trinajstić information content (AvgIpc) is 2.96. The molecule has 1 amide bonds. The van der Waals surface area contributed by atoms with E-state index < -0.39 is 0 Å². The minimum Gasteiger partial charge on any atom is -0.486 e. The van der Waals surface area contributed by atoms with Gasteiger partial charge in [-0.05, 0) is 42.0 Å². The third-order valence-corrected chi connectivity index (χ3v) is 5.65. The molecule has 2 aromatic rings. The molecule has 130 valence electrons. The van der Waals surface area contributed by atoms with Crippen LogP contribution >= 0.6 is 46.6 Å². The SMILES string of the molecule is C=CCOc1c(Cl)cc([C@@H]2SCC(=O)N2c2ccc(Cl)cc2)cc1Cl. The zero-order valence-corrected chi connectivity index (χ0v) is 16.1. The lowest BCUT2D eigenvalue weighted by atomic mass is 10.1. The molecule has 0 aromatic heterocycles. The van der Waals surface area contributed by atoms with Crippen molar-refractivity contribution in [3.05, 3.63) is 69.7 Å². The van der Waals surface area contributed by atoms with Gasteiger partial charge in [-0.1, -0.05) is 47.5 Å². The molecule has 1 fully saturated rings. The lowest BCUT2D eigenvalue weighted by Crippen LogP contribution is -2.27. The minimum absolute atomic E-state index is 0.0246. The molecule has 1 heterocycles. The maximum atomic E-state index is 12.4. The second kappa shape index (κ2) is 7.92. The predicted molar refractivity (Wildman–Crippen MR) is 106 cm³/mol. The Labute approximate surface area is 165 Å². The van der Waals surface area contributed by atoms with Crippen molar-refractivity contribution < 1.29 is 9.53 Å². The molecule has 0 spiro atoms. The molecule has 1 atom stereocenters. The Morgan fingerprint density at radius 3 is 2.44 bits per heavy atom. The van der Waals surface area contributed by atoms with Crippen molar-refractivity contribution in [2.24, 2.45) is 0 Å². The smallest absolute Gasteiger partial charge is 0.238 e. The second-order valence-corrected chi connectivity index (χ2v) is 7.64. The van der Waals surface area contributed by atoms with E-state index in [-0.39, 0.29) is 11.3 Å². The third kappa shape index (κ3) is 3.93. The molecule has 7 heteroatoms. The van der Waals surface area contributed by atoms with Crippen molar-refractivity contribution in [3.8, 4) is 5.75 Å². The van der Waals surface area contributed by atoms with Gasteiger partial charge in [0.2, 0.25) is 5.91 Å². The van der Waals surface area contributed by atoms with Crippen LogP contribution < -0.4 is 9.64 Å². The first-order valence-electron chi connectivity index (χ1n) is 7.43. The first-order valence-corrected chi connectivity index (χ1v) is 9.61. The summed E-state index contributed by atoms with van der Waals surface area (Å²) in [6.07, 6.45) is 1.62. The summed E-state index contributed by atoms with van der Waals surface area (Å²) >= 11 is 20.1. The molecular weight excluding hydrogens is 401 g/mol. The summed E-state index contributed by atoms with van der Waals surface area (Å²) < 4.78 is 5.50. The third-order valence-electron chi connectivity index (χ3n) is 3.62. The van der Waals surface area contributed by atoms with Crippen molar-refractivity contribution in [1.82, 2.24) is 0 Å². The number of ether oxygens (including phenoxy) is 1. The van der Waals surface area contributed by atoms with Crippen LogP contribution in [-0.2, 0) is 4.79 Å². The van der Waals surface area contributed by atoms with Crippen molar-refractivity contribution in [2.75, 3.05) is 17.3 Å². The van der Waals surface area contributed by atoms with Crippen LogP contribution in [0.1, 0.15) is 10.9 Å². The van der Waals surface area contributed by atoms with E-state index in [4.69, 9.17) is 39.5 Å². The number of rotatable bonds is 5. The number of hydrogen-bond acceptors (Lipinski definition) is 3. The Balaban J connectivity index is 1.95. The highest BCUT2D eigenvalue weighted by Crippen LogP contribution is 2.45. The number of benzene rings is 2. The molecule has 0 bridgehead atoms. The molecule has 3 rings (SSSR count). The molecule has 0 radical (unpaired) electrons. The molecule has 25 heavy (non-hydrogen) atoms. The van der Waals surface area contributed by atoms with Gasteiger partial charge in [0.05, 0.1) is 15.8 Å². The summed E-state index contributed by atoms with van der Waals surface area (Å²) in [5, 5.41) is 1.22. The molecule has 2 aromatic carbocycles. The monoisotopic (exact) mass is 413 g/mol. The highest BCUT2D eigenvalue weighted by atomic mass is 35.5. The van der Waals surface area contributed by atoms with Gasteiger partial charge >= 0.3 is 0 Å². The van der Waals surface area contributed by atoms with E-state index in [1.54, 1.807) is 35.2 Å². The van der Waals surface area contributed by atoms with Gasteiger partial charge in [0.25, 0.3) is 0 Å². The minimum atomic E-state index is -0.211. The first-order chi connectivity index (χ1) is 12.0. The van der Waals surface area contributed by atoms with Gasteiger partial charge in [0.1, 0.15) is 12.0 Å². The van der Waals surface area contributed by atoms with Gasteiger partial charge in [-0.25, -0.2) is 0 Å². The van der Waals surface area contributed by atoms with Crippen LogP contribution in [0.5, 0.6) is 5.75 Å². The van der Waals surface area contributed by atoms with Crippen molar-refractivity contribution in [3.63, 3.8) is 0 Å². The quantitative estimate of drug-likeness (QED) is 0.563. The van der Waals surface area contributed by atoms with Gasteiger partial charge in [-0.2, -0.15) is 0 Å². The van der Waals surface area contributed by atoms with Crippen LogP contribution in [0.15, 0.2) is 49.1 Å². The van der Waals surface area contributed by atoms with Crippen LogP contribution in [0.25, 0.3) is 0 Å². The molecule has 3 nitrogen and oxygen atoms in total. The topological polar surface area (TPSA) is 29.5 Å². The van der Waals surface area contributed by atoms with Crippen molar-refractivity contribution in [1.29, 1.82) is 0 Å². The number of carbonyl (C=O) groups is 1. The number of anilines is 1. The second-order valence-electron chi connectivity index (χ2n) is 5.32. The summed E-state index contributed by atoms with van der Waals surface area (Å²) in [5.74, 6) is 0.827. The molecule has 1 aliphatic rings. The van der Waals surface area contributed by atoms with E-state index in [1.165, 1.54) is 11.8 Å². The summed E-state index contributed by atoms with van der Waals surface area (Å²) in [6, 6.07) is 10.7. The summed E-state index contributed by atoms with van der Waals surface area (Å²) in [5.41, 5.74) is 1.62. The van der Waals surface area contributed by atoms with E-state index in [9.17, 15) is 4.79 Å². The van der Waals surface area contributed by atoms with Gasteiger partial charge < -0.3 is 4.74 Å². The standard InChI is InChI=1S/C18H14Cl3NO2S/c1-2-7-24-17-14(20)8-11(9-15(17)21)18-22(16(23)10-25-18)13-5-3-12(19)4-6-13/h2-6,8-9,18H,1,7,10H2/t18-/m0/s1. The molecule has 1 saturated heterocycles. The fourth-order valence-corrected chi connectivity index (χ4v) is 4.45. The number of halogens is 3. The van der Waals surface area contributed by atoms with Crippen LogP contribution in [-0.4, -0.2) is 18.3 Å². The first kappa shape index (κ1) is 18.5. The fraction of sp³-hybridized carbons (Fsp3) is 0.167. The van der Waals surface area contributed by atoms with E-state index in [2.05, 4.69) is 6.58 Å². The lowest BCUT2D eigenvalue weighted by molar-refractivity contribution is -0.115. The fourth-order valence-electron chi connectivity index (χ4n) is 2.55. The van der Waals surface area contributed by atoms with Crippen LogP contribution in [0.2, 0.25) is 15.1 Å². The Bertz CT molecular complexity index is 787. The molecule has 0 unspecified atom stereocenters. The average molecular weight is 415 g/mol. The van der Waals surface area contributed by atoms with Gasteiger partial charge in [-0.15, -0.1) is 11.8 Å². The van der Waals surface area contributed by atoms with E-state index in [0.29, 0.717) is 33.2 Å². The Hall–Kier alpha value is -1.33. The molecule has 0 aliphatic carbocycles. The van der Waals surface area contributed by atoms with E-state index >= 15 is 0 Å². The van der Waals surface area contributed by atoms with Gasteiger partial charge in [-0.3, -0.25) is 9.69 Å². The van der Waals surface area contributed by atoms with Crippen LogP contribution in [0.3, 0.4) is 0 Å². The number of hydrogen-bond donors (Lipinski definition) is 0. The maximum absolute atomic E-state index is 12.4. The number of thioether (sulfide) groups is 1. The number of amides is 1. The van der Waals surface area contributed by atoms with Crippen LogP contribution in [0.4, 0.5) is 5.69 Å². The summed E-state index contributed by atoms with van der Waals surface area (Å²) in [4.78, 5) is 14.1. The highest BCUT2D eigenvalue weighted by Gasteiger charge is 2.34. The molecule has 0 N–H and O–H groups in total. The van der Waals surface area contributed by atoms with Gasteiger partial charge in [0, 0.05) is 10.7 Å². The molecule has 0 saturated carbocycles. The van der Waals surface area contributed by atoms with Crippen molar-refractivity contribution in [2.45, 2.75) is 5.37 Å². The zero-order valence-electron chi connectivity index (χ0n) is 13.0. The van der Waals surface area contributed by atoms with Crippen LogP contribution in [0, 0.1) is 0 Å². The zero-order chi connectivity index (χ0) is 18.0. The largest absolute Gasteiger partial charge is 0.486 e. The summed E-state index contributed by atoms with van der Waals surface area (Å²) in [7, 11) is 0. The number of carbonyl (C=O) groups excluding carboxylic acids is 1. The Kier molecular flexibility index (Phi) is 5.85. The Morgan fingerprint density at radius 1 is 1.20 bits per heavy atom. The maximum Gasteiger partial charge on any atom is 0.238 e. The van der Waals surface area contributed by atoms with Gasteiger partial charge in [0.15, 0.2) is 5.75 Å². The highest BCUT2D eigenvalue weighted by molar-refractivity contribution is 8.00.